The zero-order valence-electron chi connectivity index (χ0n) is 13.9. The van der Waals surface area contributed by atoms with Crippen LogP contribution in [-0.2, 0) is 14.3 Å². The predicted molar refractivity (Wildman–Crippen MR) is 93.6 cm³/mol. The summed E-state index contributed by atoms with van der Waals surface area (Å²) in [5.74, 6) is -0.544. The van der Waals surface area contributed by atoms with E-state index in [9.17, 15) is 9.59 Å². The predicted octanol–water partition coefficient (Wildman–Crippen LogP) is 2.83. The molecule has 5 heteroatoms. The highest BCUT2D eigenvalue weighted by Crippen LogP contribution is 2.11. The molecule has 0 bridgehead atoms. The van der Waals surface area contributed by atoms with Crippen molar-refractivity contribution in [3.63, 3.8) is 0 Å². The molecule has 2 amide bonds. The molecule has 0 fully saturated rings. The van der Waals surface area contributed by atoms with Gasteiger partial charge in [0.25, 0.3) is 0 Å². The largest absolute Gasteiger partial charge is 0.362 e. The van der Waals surface area contributed by atoms with E-state index in [1.54, 1.807) is 0 Å². The number of aryl methyl sites for hydroxylation is 1. The first-order valence-electron chi connectivity index (χ1n) is 7.83. The van der Waals surface area contributed by atoms with E-state index in [1.807, 2.05) is 68.4 Å². The summed E-state index contributed by atoms with van der Waals surface area (Å²) in [6, 6.07) is 17.0. The van der Waals surface area contributed by atoms with Gasteiger partial charge in [-0.15, -0.1) is 0 Å². The minimum Gasteiger partial charge on any atom is -0.362 e. The minimum absolute atomic E-state index is 0.108. The van der Waals surface area contributed by atoms with Gasteiger partial charge in [0.2, 0.25) is 11.8 Å². The molecule has 2 rings (SSSR count). The zero-order valence-corrected chi connectivity index (χ0v) is 13.9. The van der Waals surface area contributed by atoms with E-state index < -0.39 is 0 Å². The third-order valence-electron chi connectivity index (χ3n) is 3.48. The quantitative estimate of drug-likeness (QED) is 0.822. The molecule has 5 nitrogen and oxygen atoms in total. The Morgan fingerprint density at radius 2 is 1.58 bits per heavy atom. The third-order valence-corrected chi connectivity index (χ3v) is 3.48. The molecule has 0 saturated carbocycles. The summed E-state index contributed by atoms with van der Waals surface area (Å²) >= 11 is 0. The Morgan fingerprint density at radius 3 is 2.25 bits per heavy atom. The van der Waals surface area contributed by atoms with Gasteiger partial charge in [-0.2, -0.15) is 0 Å². The lowest BCUT2D eigenvalue weighted by Crippen LogP contribution is -2.31. The van der Waals surface area contributed by atoms with Gasteiger partial charge >= 0.3 is 0 Å². The van der Waals surface area contributed by atoms with Crippen LogP contribution in [0.3, 0.4) is 0 Å². The second kappa shape index (κ2) is 8.84. The first kappa shape index (κ1) is 17.7. The van der Waals surface area contributed by atoms with Crippen LogP contribution in [0.5, 0.6) is 0 Å². The summed E-state index contributed by atoms with van der Waals surface area (Å²) in [4.78, 5) is 23.6. The van der Waals surface area contributed by atoms with Crippen molar-refractivity contribution in [3.8, 4) is 0 Å². The average molecular weight is 326 g/mol. The van der Waals surface area contributed by atoms with E-state index >= 15 is 0 Å². The molecule has 0 aromatic heterocycles. The molecular formula is C19H22N2O3. The normalized spacial score (nSPS) is 11.6. The number of amides is 2. The van der Waals surface area contributed by atoms with Crippen molar-refractivity contribution in [1.29, 1.82) is 0 Å². The van der Waals surface area contributed by atoms with Gasteiger partial charge in [0.1, 0.15) is 13.2 Å². The number of rotatable bonds is 7. The highest BCUT2D eigenvalue weighted by molar-refractivity contribution is 5.91. The molecule has 0 heterocycles. The van der Waals surface area contributed by atoms with Crippen LogP contribution < -0.4 is 10.6 Å². The maximum Gasteiger partial charge on any atom is 0.250 e. The zero-order chi connectivity index (χ0) is 17.4. The van der Waals surface area contributed by atoms with Gasteiger partial charge in [-0.3, -0.25) is 9.59 Å². The fourth-order valence-corrected chi connectivity index (χ4v) is 2.18. The Labute approximate surface area is 142 Å². The Kier molecular flexibility index (Phi) is 6.51. The average Bonchev–Trinajstić information content (AvgIpc) is 2.57. The second-order valence-corrected chi connectivity index (χ2v) is 5.61. The summed E-state index contributed by atoms with van der Waals surface area (Å²) in [6.45, 7) is 3.56. The fraction of sp³-hybridized carbons (Fsp3) is 0.263. The molecule has 1 unspecified atom stereocenters. The van der Waals surface area contributed by atoms with E-state index in [2.05, 4.69) is 10.6 Å². The van der Waals surface area contributed by atoms with Gasteiger partial charge < -0.3 is 15.4 Å². The van der Waals surface area contributed by atoms with E-state index in [-0.39, 0.29) is 31.1 Å². The van der Waals surface area contributed by atoms with Crippen LogP contribution in [-0.4, -0.2) is 25.0 Å². The van der Waals surface area contributed by atoms with Crippen LogP contribution in [0, 0.1) is 6.92 Å². The van der Waals surface area contributed by atoms with Crippen LogP contribution in [0.2, 0.25) is 0 Å². The first-order valence-corrected chi connectivity index (χ1v) is 7.83. The molecule has 0 radical (unpaired) electrons. The molecule has 0 aliphatic rings. The van der Waals surface area contributed by atoms with Crippen LogP contribution in [0.1, 0.15) is 24.1 Å². The number of nitrogens with one attached hydrogen (secondary N) is 2. The molecule has 2 N–H and O–H groups in total. The van der Waals surface area contributed by atoms with Crippen molar-refractivity contribution in [2.45, 2.75) is 19.9 Å². The van der Waals surface area contributed by atoms with Gasteiger partial charge in [-0.05, 0) is 31.5 Å². The fourth-order valence-electron chi connectivity index (χ4n) is 2.18. The number of anilines is 1. The van der Waals surface area contributed by atoms with Crippen LogP contribution >= 0.6 is 0 Å². The smallest absolute Gasteiger partial charge is 0.250 e. The van der Waals surface area contributed by atoms with Crippen molar-refractivity contribution < 1.29 is 14.3 Å². The number of carbonyl (C=O) groups excluding carboxylic acids is 2. The molecule has 2 aromatic rings. The molecule has 0 saturated heterocycles. The van der Waals surface area contributed by atoms with Crippen LogP contribution in [0.15, 0.2) is 54.6 Å². The van der Waals surface area contributed by atoms with Crippen LogP contribution in [0.25, 0.3) is 0 Å². The third kappa shape index (κ3) is 5.85. The first-order chi connectivity index (χ1) is 11.5. The number of ether oxygens (including phenoxy) is 1. The van der Waals surface area contributed by atoms with E-state index in [0.717, 1.165) is 11.1 Å². The molecule has 24 heavy (non-hydrogen) atoms. The maximum atomic E-state index is 11.8. The van der Waals surface area contributed by atoms with Crippen molar-refractivity contribution in [2.24, 2.45) is 0 Å². The molecule has 1 atom stereocenters. The van der Waals surface area contributed by atoms with Crippen molar-refractivity contribution in [1.82, 2.24) is 5.32 Å². The molecule has 0 aliphatic heterocycles. The summed E-state index contributed by atoms with van der Waals surface area (Å²) in [6.07, 6.45) is 0. The number of carbonyl (C=O) groups is 2. The Bertz CT molecular complexity index is 669. The Balaban J connectivity index is 1.68. The van der Waals surface area contributed by atoms with Crippen LogP contribution in [0.4, 0.5) is 5.69 Å². The Hall–Kier alpha value is -2.66. The van der Waals surface area contributed by atoms with E-state index in [1.165, 1.54) is 0 Å². The molecule has 0 spiro atoms. The van der Waals surface area contributed by atoms with Crippen molar-refractivity contribution >= 4 is 17.5 Å². The van der Waals surface area contributed by atoms with Gasteiger partial charge in [-0.1, -0.05) is 48.0 Å². The van der Waals surface area contributed by atoms with Gasteiger partial charge in [0.15, 0.2) is 0 Å². The van der Waals surface area contributed by atoms with Gasteiger partial charge in [-0.25, -0.2) is 0 Å². The van der Waals surface area contributed by atoms with Gasteiger partial charge in [0, 0.05) is 5.69 Å². The molecule has 2 aromatic carbocycles. The summed E-state index contributed by atoms with van der Waals surface area (Å²) in [7, 11) is 0. The van der Waals surface area contributed by atoms with E-state index in [0.29, 0.717) is 5.69 Å². The Morgan fingerprint density at radius 1 is 0.958 bits per heavy atom. The molecule has 0 aliphatic carbocycles. The highest BCUT2D eigenvalue weighted by atomic mass is 16.5. The molecule has 126 valence electrons. The standard InChI is InChI=1S/C19H22N2O3/c1-14-8-10-17(11-9-14)21-19(23)13-24-12-18(22)20-15(2)16-6-4-3-5-7-16/h3-11,15H,12-13H2,1-2H3,(H,20,22)(H,21,23). The highest BCUT2D eigenvalue weighted by Gasteiger charge is 2.10. The summed E-state index contributed by atoms with van der Waals surface area (Å²) < 4.78 is 5.17. The lowest BCUT2D eigenvalue weighted by Gasteiger charge is -2.14. The van der Waals surface area contributed by atoms with Gasteiger partial charge in [0.05, 0.1) is 6.04 Å². The van der Waals surface area contributed by atoms with E-state index in [4.69, 9.17) is 4.74 Å². The van der Waals surface area contributed by atoms with Crippen molar-refractivity contribution in [2.75, 3.05) is 18.5 Å². The summed E-state index contributed by atoms with van der Waals surface area (Å²) in [5, 5.41) is 5.54. The van der Waals surface area contributed by atoms with Crippen molar-refractivity contribution in [3.05, 3.63) is 65.7 Å². The number of hydrogen-bond acceptors (Lipinski definition) is 3. The lowest BCUT2D eigenvalue weighted by atomic mass is 10.1. The monoisotopic (exact) mass is 326 g/mol. The number of hydrogen-bond donors (Lipinski definition) is 2. The topological polar surface area (TPSA) is 67.4 Å². The lowest BCUT2D eigenvalue weighted by molar-refractivity contribution is -0.129. The molecular weight excluding hydrogens is 304 g/mol. The SMILES string of the molecule is Cc1ccc(NC(=O)COCC(=O)NC(C)c2ccccc2)cc1. The maximum absolute atomic E-state index is 11.8. The number of benzene rings is 2. The minimum atomic E-state index is -0.289. The second-order valence-electron chi connectivity index (χ2n) is 5.61. The summed E-state index contributed by atoms with van der Waals surface area (Å²) in [5.41, 5.74) is 2.84.